The molecule has 2 aliphatic rings. The minimum atomic E-state index is -0.0152. The highest BCUT2D eigenvalue weighted by Crippen LogP contribution is 2.47. The molecular formula is C65H93BN2S. The molecular weight excluding hydrogens is 852 g/mol. The van der Waals surface area contributed by atoms with Gasteiger partial charge >= 0.3 is 0 Å². The van der Waals surface area contributed by atoms with Gasteiger partial charge in [0, 0.05) is 29.2 Å². The predicted octanol–water partition coefficient (Wildman–Crippen LogP) is 17.2. The average molecular weight is 945 g/mol. The van der Waals surface area contributed by atoms with Crippen LogP contribution in [0.15, 0.2) is 149 Å². The molecule has 0 spiro atoms. The lowest BCUT2D eigenvalue weighted by Crippen LogP contribution is -2.48. The Morgan fingerprint density at radius 2 is 1.43 bits per heavy atom. The van der Waals surface area contributed by atoms with Gasteiger partial charge in [-0.05, 0) is 153 Å². The molecule has 4 heteroatoms. The molecule has 0 atom stereocenters. The molecule has 0 aliphatic heterocycles. The first-order chi connectivity index (χ1) is 32.1. The Labute approximate surface area is 427 Å². The van der Waals surface area contributed by atoms with Crippen LogP contribution in [0.25, 0.3) is 10.1 Å². The molecule has 2 aliphatic carbocycles. The van der Waals surface area contributed by atoms with Crippen LogP contribution in [0.3, 0.4) is 0 Å². The average Bonchev–Trinajstić information content (AvgIpc) is 3.67. The molecule has 2 N–H and O–H groups in total. The first kappa shape index (κ1) is 55.6. The molecule has 2 aromatic carbocycles. The van der Waals surface area contributed by atoms with Crippen molar-refractivity contribution in [2.24, 2.45) is 21.7 Å². The number of rotatable bonds is 16. The Bertz CT molecular complexity index is 2480. The molecule has 0 amide bonds. The third-order valence-corrected chi connectivity index (χ3v) is 16.4. The third kappa shape index (κ3) is 15.4. The van der Waals surface area contributed by atoms with Gasteiger partial charge in [-0.3, -0.25) is 0 Å². The van der Waals surface area contributed by atoms with Crippen LogP contribution in [-0.2, 0) is 10.8 Å². The van der Waals surface area contributed by atoms with E-state index >= 15 is 0 Å². The van der Waals surface area contributed by atoms with Gasteiger partial charge in [0.25, 0.3) is 0 Å². The van der Waals surface area contributed by atoms with Crippen molar-refractivity contribution >= 4 is 39.1 Å². The van der Waals surface area contributed by atoms with Gasteiger partial charge in [-0.25, -0.2) is 0 Å². The van der Waals surface area contributed by atoms with Gasteiger partial charge in [0.2, 0.25) is 6.71 Å². The molecule has 5 rings (SSSR count). The minimum absolute atomic E-state index is 0.00725. The van der Waals surface area contributed by atoms with E-state index in [0.717, 1.165) is 19.3 Å². The van der Waals surface area contributed by atoms with Crippen molar-refractivity contribution in [2.45, 2.75) is 179 Å². The molecule has 1 heterocycles. The summed E-state index contributed by atoms with van der Waals surface area (Å²) in [4.78, 5) is 0. The maximum absolute atomic E-state index is 4.14. The van der Waals surface area contributed by atoms with E-state index < -0.39 is 0 Å². The summed E-state index contributed by atoms with van der Waals surface area (Å²) in [6, 6.07) is 14.8. The van der Waals surface area contributed by atoms with Gasteiger partial charge in [-0.15, -0.1) is 11.3 Å². The lowest BCUT2D eigenvalue weighted by molar-refractivity contribution is 0.241. The lowest BCUT2D eigenvalue weighted by atomic mass is 9.35. The van der Waals surface area contributed by atoms with E-state index in [4.69, 9.17) is 0 Å². The molecule has 0 saturated heterocycles. The van der Waals surface area contributed by atoms with Crippen LogP contribution in [0, 0.1) is 21.7 Å². The number of thiophene rings is 1. The fraction of sp³-hybridized carbons (Fsp3) is 0.508. The smallest absolute Gasteiger partial charge is 0.243 e. The maximum Gasteiger partial charge on any atom is 0.243 e. The van der Waals surface area contributed by atoms with Crippen molar-refractivity contribution in [3.05, 3.63) is 166 Å². The highest BCUT2D eigenvalue weighted by Gasteiger charge is 2.39. The third-order valence-electron chi connectivity index (χ3n) is 15.4. The summed E-state index contributed by atoms with van der Waals surface area (Å²) in [6.07, 6.45) is 34.8. The first-order valence-corrected chi connectivity index (χ1v) is 27.3. The van der Waals surface area contributed by atoms with E-state index in [-0.39, 0.29) is 39.2 Å². The minimum Gasteiger partial charge on any atom is -0.382 e. The number of hydrogen-bond donors (Lipinski definition) is 2. The largest absolute Gasteiger partial charge is 0.382 e. The summed E-state index contributed by atoms with van der Waals surface area (Å²) in [7, 11) is 0. The monoisotopic (exact) mass is 945 g/mol. The van der Waals surface area contributed by atoms with Crippen molar-refractivity contribution in [3.63, 3.8) is 0 Å². The molecule has 1 aromatic heterocycles. The topological polar surface area (TPSA) is 24.1 Å². The number of nitrogens with one attached hydrogen (secondary N) is 2. The van der Waals surface area contributed by atoms with Gasteiger partial charge in [-0.2, -0.15) is 0 Å². The fourth-order valence-corrected chi connectivity index (χ4v) is 10.7. The Morgan fingerprint density at radius 3 is 2.04 bits per heavy atom. The van der Waals surface area contributed by atoms with Gasteiger partial charge in [0.05, 0.1) is 0 Å². The van der Waals surface area contributed by atoms with E-state index in [0.29, 0.717) is 19.0 Å². The molecule has 0 radical (unpaired) electrons. The van der Waals surface area contributed by atoms with Crippen LogP contribution < -0.4 is 21.6 Å². The van der Waals surface area contributed by atoms with Crippen molar-refractivity contribution in [3.8, 4) is 0 Å². The van der Waals surface area contributed by atoms with Crippen LogP contribution in [0.1, 0.15) is 185 Å². The van der Waals surface area contributed by atoms with E-state index in [1.54, 1.807) is 0 Å². The fourth-order valence-electron chi connectivity index (χ4n) is 9.66. The number of allylic oxidation sites excluding steroid dienone is 13. The van der Waals surface area contributed by atoms with Crippen LogP contribution in [0.4, 0.5) is 0 Å². The van der Waals surface area contributed by atoms with Gasteiger partial charge in [0.1, 0.15) is 0 Å². The molecule has 2 nitrogen and oxygen atoms in total. The molecule has 0 saturated carbocycles. The highest BCUT2D eigenvalue weighted by atomic mass is 32.1. The zero-order valence-electron chi connectivity index (χ0n) is 46.6. The normalized spacial score (nSPS) is 20.5. The van der Waals surface area contributed by atoms with E-state index in [1.165, 1.54) is 91.4 Å². The van der Waals surface area contributed by atoms with Crippen LogP contribution in [0.2, 0.25) is 0 Å². The Kier molecular flexibility index (Phi) is 18.4. The van der Waals surface area contributed by atoms with E-state index in [9.17, 15) is 0 Å². The summed E-state index contributed by atoms with van der Waals surface area (Å²) in [5, 5.41) is 12.2. The summed E-state index contributed by atoms with van der Waals surface area (Å²) in [5.41, 5.74) is 14.3. The maximum atomic E-state index is 4.14. The summed E-state index contributed by atoms with van der Waals surface area (Å²) in [5.74, 6) is 0.451. The van der Waals surface area contributed by atoms with Gasteiger partial charge in [-0.1, -0.05) is 219 Å². The predicted molar refractivity (Wildman–Crippen MR) is 312 cm³/mol. The molecule has 0 fully saturated rings. The zero-order chi connectivity index (χ0) is 51.0. The SMILES string of the molecule is C=C/C=C\C=C\C/C=C(\C=C/CNC(/C=C(\C)C(C)(C)C)=C(/CNC1=C/CC(C)(C)CCC(C)(C)C/C=C\1)B(c1ccc(C(C)C)cc1)c1csc2cc3c(cc12)C(C)(C)CCC3(C)C)C(C)(C)C. The van der Waals surface area contributed by atoms with Crippen molar-refractivity contribution in [2.75, 3.05) is 13.1 Å². The first-order valence-electron chi connectivity index (χ1n) is 26.4. The van der Waals surface area contributed by atoms with Gasteiger partial charge in [0.15, 0.2) is 0 Å². The standard InChI is InChI=1S/C65H93BN2S/c1-19-20-21-22-23-24-27-50(61(8,9)10)28-26-41-67-58(42-48(4)60(5,6)7)56(45-68-52-29-25-35-62(11,12)37-38-63(13,14)36-34-52)66(51-32-30-49(31-33-51)47(2)3)57-46-69-59-44-55-54(43-53(57)59)64(15,16)39-40-65(55,17)18/h19-23,25-34,42-44,46-47,67-68H,1,24,35-41,45H2,2-18H3/b21-20-,23-22+,28-26-,29-25-,48-42+,50-27+,52-34+,58-56-. The second-order valence-electron chi connectivity index (χ2n) is 25.8. The van der Waals surface area contributed by atoms with Crippen LogP contribution in [0.5, 0.6) is 0 Å². The Balaban J connectivity index is 1.79. The summed E-state index contributed by atoms with van der Waals surface area (Å²) in [6.45, 7) is 45.7. The second kappa shape index (κ2) is 22.9. The second-order valence-corrected chi connectivity index (χ2v) is 26.7. The summed E-state index contributed by atoms with van der Waals surface area (Å²) >= 11 is 1.93. The molecule has 0 bridgehead atoms. The number of fused-ring (bicyclic) bond motifs is 2. The highest BCUT2D eigenvalue weighted by molar-refractivity contribution is 7.19. The van der Waals surface area contributed by atoms with Crippen molar-refractivity contribution < 1.29 is 0 Å². The number of hydrogen-bond acceptors (Lipinski definition) is 3. The summed E-state index contributed by atoms with van der Waals surface area (Å²) < 4.78 is 1.39. The van der Waals surface area contributed by atoms with Crippen molar-refractivity contribution in [1.82, 2.24) is 10.6 Å². The molecule has 0 unspecified atom stereocenters. The molecule has 372 valence electrons. The van der Waals surface area contributed by atoms with Crippen LogP contribution in [-0.4, -0.2) is 19.8 Å². The lowest BCUT2D eigenvalue weighted by Gasteiger charge is -2.42. The van der Waals surface area contributed by atoms with E-state index in [1.807, 2.05) is 29.6 Å². The zero-order valence-corrected chi connectivity index (χ0v) is 47.4. The quantitative estimate of drug-likeness (QED) is 0.110. The van der Waals surface area contributed by atoms with Crippen LogP contribution >= 0.6 is 11.3 Å². The molecule has 69 heavy (non-hydrogen) atoms. The molecule has 3 aromatic rings. The van der Waals surface area contributed by atoms with E-state index in [2.05, 4.69) is 231 Å². The Morgan fingerprint density at radius 1 is 0.797 bits per heavy atom. The Hall–Kier alpha value is -4.28. The number of benzene rings is 2. The van der Waals surface area contributed by atoms with Crippen molar-refractivity contribution in [1.29, 1.82) is 0 Å². The van der Waals surface area contributed by atoms with Gasteiger partial charge < -0.3 is 10.6 Å².